The van der Waals surface area contributed by atoms with E-state index >= 15 is 0 Å². The molecule has 3 aromatic rings. The molecule has 0 saturated heterocycles. The average Bonchev–Trinajstić information content (AvgIpc) is 3.25. The fraction of sp³-hybridized carbons (Fsp3) is 0.318. The minimum absolute atomic E-state index is 0.0366. The Balaban J connectivity index is 1.72. The van der Waals surface area contributed by atoms with Gasteiger partial charge >= 0.3 is 0 Å². The van der Waals surface area contributed by atoms with Gasteiger partial charge in [-0.1, -0.05) is 17.7 Å². The highest BCUT2D eigenvalue weighted by molar-refractivity contribution is 5.77. The Morgan fingerprint density at radius 1 is 1.00 bits per heavy atom. The summed E-state index contributed by atoms with van der Waals surface area (Å²) in [6, 6.07) is 11.5. The van der Waals surface area contributed by atoms with Crippen molar-refractivity contribution in [2.75, 3.05) is 6.61 Å². The van der Waals surface area contributed by atoms with E-state index in [0.29, 0.717) is 18.8 Å². The first-order valence-corrected chi connectivity index (χ1v) is 8.98. The van der Waals surface area contributed by atoms with Crippen molar-refractivity contribution >= 4 is 5.91 Å². The Morgan fingerprint density at radius 2 is 1.70 bits per heavy atom. The first kappa shape index (κ1) is 18.8. The molecule has 0 unspecified atom stereocenters. The van der Waals surface area contributed by atoms with Crippen molar-refractivity contribution in [2.24, 2.45) is 0 Å². The van der Waals surface area contributed by atoms with E-state index in [2.05, 4.69) is 12.1 Å². The highest BCUT2D eigenvalue weighted by Crippen LogP contribution is 2.24. The van der Waals surface area contributed by atoms with E-state index in [1.165, 1.54) is 5.56 Å². The highest BCUT2D eigenvalue weighted by atomic mass is 16.5. The molecule has 0 aliphatic carbocycles. The minimum Gasteiger partial charge on any atom is -0.483 e. The van der Waals surface area contributed by atoms with E-state index in [4.69, 9.17) is 13.6 Å². The van der Waals surface area contributed by atoms with Gasteiger partial charge in [0, 0.05) is 0 Å². The Hall–Kier alpha value is -2.95. The molecule has 1 aromatic carbocycles. The molecule has 0 atom stereocenters. The molecule has 0 spiro atoms. The van der Waals surface area contributed by atoms with E-state index in [0.717, 1.165) is 28.4 Å². The lowest BCUT2D eigenvalue weighted by molar-refractivity contribution is -0.135. The third-order valence-corrected chi connectivity index (χ3v) is 4.37. The molecule has 0 fully saturated rings. The third-order valence-electron chi connectivity index (χ3n) is 4.37. The first-order valence-electron chi connectivity index (χ1n) is 8.98. The maximum atomic E-state index is 12.9. The molecule has 2 aromatic heterocycles. The van der Waals surface area contributed by atoms with Crippen molar-refractivity contribution in [3.05, 3.63) is 76.6 Å². The molecule has 0 aliphatic heterocycles. The fourth-order valence-electron chi connectivity index (χ4n) is 3.20. The number of hydrogen-bond donors (Lipinski definition) is 0. The lowest BCUT2D eigenvalue weighted by atomic mass is 10.1. The standard InChI is InChI=1S/C22H25NO4/c1-15-10-16(2)22(17(3)11-15)26-14-21(24)23(12-19-6-5-9-25-19)13-20-8-7-18(4)27-20/h5-11H,12-14H2,1-4H3. The summed E-state index contributed by atoms with van der Waals surface area (Å²) in [5.41, 5.74) is 3.23. The summed E-state index contributed by atoms with van der Waals surface area (Å²) < 4.78 is 16.9. The van der Waals surface area contributed by atoms with Gasteiger partial charge in [-0.15, -0.1) is 0 Å². The predicted octanol–water partition coefficient (Wildman–Crippen LogP) is 4.71. The number of hydrogen-bond acceptors (Lipinski definition) is 4. The zero-order valence-electron chi connectivity index (χ0n) is 16.2. The van der Waals surface area contributed by atoms with Crippen LogP contribution in [0.15, 0.2) is 51.5 Å². The lowest BCUT2D eigenvalue weighted by Gasteiger charge is -2.21. The zero-order chi connectivity index (χ0) is 19.4. The molecule has 142 valence electrons. The second kappa shape index (κ2) is 8.16. The molecule has 0 bridgehead atoms. The molecular weight excluding hydrogens is 342 g/mol. The summed E-state index contributed by atoms with van der Waals surface area (Å²) in [5.74, 6) is 2.91. The van der Waals surface area contributed by atoms with Crippen molar-refractivity contribution in [1.82, 2.24) is 4.90 Å². The number of furan rings is 2. The van der Waals surface area contributed by atoms with E-state index in [1.54, 1.807) is 11.2 Å². The van der Waals surface area contributed by atoms with Gasteiger partial charge in [0.15, 0.2) is 6.61 Å². The highest BCUT2D eigenvalue weighted by Gasteiger charge is 2.19. The van der Waals surface area contributed by atoms with Crippen LogP contribution in [0.3, 0.4) is 0 Å². The quantitative estimate of drug-likeness (QED) is 0.607. The number of rotatable bonds is 7. The van der Waals surface area contributed by atoms with Gasteiger partial charge in [-0.05, 0) is 63.1 Å². The van der Waals surface area contributed by atoms with Crippen LogP contribution in [0.25, 0.3) is 0 Å². The molecule has 0 saturated carbocycles. The monoisotopic (exact) mass is 367 g/mol. The van der Waals surface area contributed by atoms with Crippen LogP contribution in [-0.4, -0.2) is 17.4 Å². The largest absolute Gasteiger partial charge is 0.483 e. The number of aryl methyl sites for hydroxylation is 4. The SMILES string of the molecule is Cc1cc(C)c(OCC(=O)N(Cc2ccco2)Cc2ccc(C)o2)c(C)c1. The normalized spacial score (nSPS) is 10.8. The molecule has 3 rings (SSSR count). The fourth-order valence-corrected chi connectivity index (χ4v) is 3.20. The first-order chi connectivity index (χ1) is 12.9. The average molecular weight is 367 g/mol. The van der Waals surface area contributed by atoms with Crippen molar-refractivity contribution < 1.29 is 18.4 Å². The van der Waals surface area contributed by atoms with Crippen molar-refractivity contribution in [2.45, 2.75) is 40.8 Å². The number of benzene rings is 1. The van der Waals surface area contributed by atoms with Crippen LogP contribution in [-0.2, 0) is 17.9 Å². The topological polar surface area (TPSA) is 55.8 Å². The van der Waals surface area contributed by atoms with Crippen LogP contribution in [0, 0.1) is 27.7 Å². The van der Waals surface area contributed by atoms with Crippen LogP contribution in [0.4, 0.5) is 0 Å². The van der Waals surface area contributed by atoms with E-state index in [1.807, 2.05) is 52.0 Å². The third kappa shape index (κ3) is 4.82. The summed E-state index contributed by atoms with van der Waals surface area (Å²) in [7, 11) is 0. The Kier molecular flexibility index (Phi) is 5.69. The molecule has 1 amide bonds. The molecule has 5 nitrogen and oxygen atoms in total. The lowest BCUT2D eigenvalue weighted by Crippen LogP contribution is -2.34. The molecular formula is C22H25NO4. The van der Waals surface area contributed by atoms with Gasteiger partial charge in [-0.25, -0.2) is 0 Å². The second-order valence-electron chi connectivity index (χ2n) is 6.86. The van der Waals surface area contributed by atoms with Gasteiger partial charge < -0.3 is 18.5 Å². The zero-order valence-corrected chi connectivity index (χ0v) is 16.2. The minimum atomic E-state index is -0.125. The van der Waals surface area contributed by atoms with Crippen LogP contribution >= 0.6 is 0 Å². The smallest absolute Gasteiger partial charge is 0.261 e. The summed E-state index contributed by atoms with van der Waals surface area (Å²) in [4.78, 5) is 14.5. The summed E-state index contributed by atoms with van der Waals surface area (Å²) >= 11 is 0. The van der Waals surface area contributed by atoms with Gasteiger partial charge in [0.2, 0.25) is 0 Å². The summed E-state index contributed by atoms with van der Waals surface area (Å²) in [6.07, 6.45) is 1.60. The van der Waals surface area contributed by atoms with Crippen molar-refractivity contribution in [3.8, 4) is 5.75 Å². The van der Waals surface area contributed by atoms with Gasteiger partial charge in [0.25, 0.3) is 5.91 Å². The summed E-state index contributed by atoms with van der Waals surface area (Å²) in [6.45, 7) is 8.60. The maximum absolute atomic E-state index is 12.9. The van der Waals surface area contributed by atoms with Gasteiger partial charge in [0.1, 0.15) is 23.0 Å². The van der Waals surface area contributed by atoms with E-state index < -0.39 is 0 Å². The van der Waals surface area contributed by atoms with Crippen LogP contribution in [0.2, 0.25) is 0 Å². The van der Waals surface area contributed by atoms with Crippen LogP contribution in [0.5, 0.6) is 5.75 Å². The van der Waals surface area contributed by atoms with Gasteiger partial charge in [-0.3, -0.25) is 4.79 Å². The van der Waals surface area contributed by atoms with E-state index in [9.17, 15) is 4.79 Å². The molecule has 2 heterocycles. The second-order valence-corrected chi connectivity index (χ2v) is 6.86. The van der Waals surface area contributed by atoms with Crippen molar-refractivity contribution in [1.29, 1.82) is 0 Å². The van der Waals surface area contributed by atoms with Crippen LogP contribution in [0.1, 0.15) is 34.0 Å². The molecule has 0 N–H and O–H groups in total. The number of ether oxygens (including phenoxy) is 1. The number of nitrogens with zero attached hydrogens (tertiary/aromatic N) is 1. The van der Waals surface area contributed by atoms with Crippen molar-refractivity contribution in [3.63, 3.8) is 0 Å². The molecule has 0 radical (unpaired) electrons. The Bertz CT molecular complexity index is 885. The predicted molar refractivity (Wildman–Crippen MR) is 103 cm³/mol. The van der Waals surface area contributed by atoms with Gasteiger partial charge in [-0.2, -0.15) is 0 Å². The number of carbonyl (C=O) groups excluding carboxylic acids is 1. The Morgan fingerprint density at radius 3 is 2.30 bits per heavy atom. The molecule has 0 aliphatic rings. The molecule has 27 heavy (non-hydrogen) atoms. The molecule has 5 heteroatoms. The maximum Gasteiger partial charge on any atom is 0.261 e. The number of carbonyl (C=O) groups is 1. The van der Waals surface area contributed by atoms with E-state index in [-0.39, 0.29) is 12.5 Å². The van der Waals surface area contributed by atoms with Gasteiger partial charge in [0.05, 0.1) is 19.4 Å². The Labute approximate surface area is 159 Å². The summed E-state index contributed by atoms with van der Waals surface area (Å²) in [5, 5.41) is 0. The van der Waals surface area contributed by atoms with Crippen LogP contribution < -0.4 is 4.74 Å². The number of amides is 1.